The van der Waals surface area contributed by atoms with Crippen molar-refractivity contribution < 1.29 is 19.1 Å². The minimum atomic E-state index is -0.442. The molecule has 1 aromatic carbocycles. The van der Waals surface area contributed by atoms with E-state index in [1.54, 1.807) is 13.8 Å². The number of benzene rings is 1. The lowest BCUT2D eigenvalue weighted by Crippen LogP contribution is -2.32. The fourth-order valence-electron chi connectivity index (χ4n) is 2.71. The summed E-state index contributed by atoms with van der Waals surface area (Å²) in [5.41, 5.74) is 2.00. The van der Waals surface area contributed by atoms with Gasteiger partial charge in [0.15, 0.2) is 0 Å². The van der Waals surface area contributed by atoms with Crippen LogP contribution < -0.4 is 5.32 Å². The summed E-state index contributed by atoms with van der Waals surface area (Å²) in [5, 5.41) is 3.23. The summed E-state index contributed by atoms with van der Waals surface area (Å²) in [6.07, 6.45) is 0.852. The first kappa shape index (κ1) is 17.1. The van der Waals surface area contributed by atoms with E-state index in [1.165, 1.54) is 0 Å². The van der Waals surface area contributed by atoms with Crippen molar-refractivity contribution in [3.8, 4) is 0 Å². The van der Waals surface area contributed by atoms with E-state index in [1.807, 2.05) is 18.2 Å². The third-order valence-corrected chi connectivity index (χ3v) is 4.30. The first-order chi connectivity index (χ1) is 10.6. The minimum absolute atomic E-state index is 0.0737. The number of hydrogen-bond donors (Lipinski definition) is 1. The van der Waals surface area contributed by atoms with Gasteiger partial charge in [-0.2, -0.15) is 0 Å². The van der Waals surface area contributed by atoms with Crippen LogP contribution >= 0.6 is 22.6 Å². The van der Waals surface area contributed by atoms with E-state index in [0.717, 1.165) is 14.8 Å². The Morgan fingerprint density at radius 3 is 2.64 bits per heavy atom. The van der Waals surface area contributed by atoms with Gasteiger partial charge in [0.2, 0.25) is 0 Å². The first-order valence-electron chi connectivity index (χ1n) is 7.45. The van der Waals surface area contributed by atoms with Gasteiger partial charge in [0.05, 0.1) is 13.2 Å². The summed E-state index contributed by atoms with van der Waals surface area (Å²) in [6, 6.07) is 5.58. The van der Waals surface area contributed by atoms with Crippen LogP contribution in [0.4, 0.5) is 5.69 Å². The predicted octanol–water partition coefficient (Wildman–Crippen LogP) is 3.08. The minimum Gasteiger partial charge on any atom is -0.466 e. The Labute approximate surface area is 143 Å². The lowest BCUT2D eigenvalue weighted by atomic mass is 9.90. The normalized spacial score (nSPS) is 19.2. The predicted molar refractivity (Wildman–Crippen MR) is 91.8 cm³/mol. The van der Waals surface area contributed by atoms with Crippen molar-refractivity contribution in [2.24, 2.45) is 0 Å². The van der Waals surface area contributed by atoms with E-state index in [9.17, 15) is 9.59 Å². The highest BCUT2D eigenvalue weighted by Crippen LogP contribution is 2.40. The maximum atomic E-state index is 12.2. The zero-order valence-electron chi connectivity index (χ0n) is 12.7. The highest BCUT2D eigenvalue weighted by atomic mass is 127. The second-order valence-electron chi connectivity index (χ2n) is 5.06. The molecule has 0 saturated carbocycles. The Balaban J connectivity index is 2.16. The van der Waals surface area contributed by atoms with Gasteiger partial charge in [-0.15, -0.1) is 0 Å². The molecule has 0 spiro atoms. The van der Waals surface area contributed by atoms with Crippen LogP contribution in [0.1, 0.15) is 38.2 Å². The molecular formula is C16H20INO4. The van der Waals surface area contributed by atoms with Gasteiger partial charge >= 0.3 is 11.9 Å². The number of anilines is 1. The van der Waals surface area contributed by atoms with E-state index < -0.39 is 6.04 Å². The van der Waals surface area contributed by atoms with Crippen LogP contribution in [-0.2, 0) is 19.1 Å². The van der Waals surface area contributed by atoms with E-state index in [4.69, 9.17) is 9.47 Å². The number of hydrogen-bond acceptors (Lipinski definition) is 5. The maximum absolute atomic E-state index is 12.2. The quantitative estimate of drug-likeness (QED) is 0.570. The molecule has 2 unspecified atom stereocenters. The zero-order valence-corrected chi connectivity index (χ0v) is 14.9. The van der Waals surface area contributed by atoms with Gasteiger partial charge in [-0.25, -0.2) is 4.79 Å². The topological polar surface area (TPSA) is 64.6 Å². The van der Waals surface area contributed by atoms with Crippen molar-refractivity contribution in [3.63, 3.8) is 0 Å². The van der Waals surface area contributed by atoms with Crippen molar-refractivity contribution in [1.82, 2.24) is 0 Å². The third kappa shape index (κ3) is 3.91. The fourth-order valence-corrected chi connectivity index (χ4v) is 3.20. The van der Waals surface area contributed by atoms with Gasteiger partial charge in [0.25, 0.3) is 0 Å². The largest absolute Gasteiger partial charge is 0.466 e. The van der Waals surface area contributed by atoms with E-state index in [-0.39, 0.29) is 17.9 Å². The highest BCUT2D eigenvalue weighted by molar-refractivity contribution is 14.1. The number of esters is 2. The smallest absolute Gasteiger partial charge is 0.329 e. The number of halogens is 1. The standard InChI is InChI=1S/C16H20INO4/c1-3-21-14(19)8-7-12-11-6-5-10(17)9-13(11)18-15(12)16(20)22-4-2/h5-6,9,12,15,18H,3-4,7-8H2,1-2H3. The average molecular weight is 417 g/mol. The average Bonchev–Trinajstić information content (AvgIpc) is 2.83. The van der Waals surface area contributed by atoms with Gasteiger partial charge in [0.1, 0.15) is 6.04 Å². The molecule has 120 valence electrons. The van der Waals surface area contributed by atoms with Crippen LogP contribution in [0.15, 0.2) is 18.2 Å². The molecule has 1 aliphatic heterocycles. The Morgan fingerprint density at radius 2 is 1.95 bits per heavy atom. The molecule has 0 saturated heterocycles. The SMILES string of the molecule is CCOC(=O)CCC1c2ccc(I)cc2NC1C(=O)OCC. The maximum Gasteiger partial charge on any atom is 0.329 e. The molecule has 6 heteroatoms. The van der Waals surface area contributed by atoms with Crippen LogP contribution in [0.2, 0.25) is 0 Å². The van der Waals surface area contributed by atoms with Gasteiger partial charge in [-0.1, -0.05) is 6.07 Å². The summed E-state index contributed by atoms with van der Waals surface area (Å²) in [7, 11) is 0. The highest BCUT2D eigenvalue weighted by Gasteiger charge is 2.38. The van der Waals surface area contributed by atoms with Crippen molar-refractivity contribution in [1.29, 1.82) is 0 Å². The molecule has 0 radical (unpaired) electrons. The monoisotopic (exact) mass is 417 g/mol. The summed E-state index contributed by atoms with van der Waals surface area (Å²) in [6.45, 7) is 4.29. The van der Waals surface area contributed by atoms with Gasteiger partial charge in [0, 0.05) is 21.6 Å². The van der Waals surface area contributed by atoms with Crippen LogP contribution in [0.5, 0.6) is 0 Å². The molecule has 1 heterocycles. The molecule has 0 bridgehead atoms. The fraction of sp³-hybridized carbons (Fsp3) is 0.500. The molecule has 2 rings (SSSR count). The number of fused-ring (bicyclic) bond motifs is 1. The lowest BCUT2D eigenvalue weighted by molar-refractivity contribution is -0.146. The molecular weight excluding hydrogens is 397 g/mol. The van der Waals surface area contributed by atoms with E-state index >= 15 is 0 Å². The van der Waals surface area contributed by atoms with E-state index in [2.05, 4.69) is 27.9 Å². The molecule has 1 aromatic rings. The zero-order chi connectivity index (χ0) is 16.1. The van der Waals surface area contributed by atoms with Crippen LogP contribution in [0, 0.1) is 3.57 Å². The second kappa shape index (κ2) is 7.80. The Morgan fingerprint density at radius 1 is 1.23 bits per heavy atom. The van der Waals surface area contributed by atoms with Crippen molar-refractivity contribution in [3.05, 3.63) is 27.3 Å². The third-order valence-electron chi connectivity index (χ3n) is 3.63. The lowest BCUT2D eigenvalue weighted by Gasteiger charge is -2.18. The number of nitrogens with one attached hydrogen (secondary N) is 1. The van der Waals surface area contributed by atoms with Gasteiger partial charge < -0.3 is 14.8 Å². The van der Waals surface area contributed by atoms with Crippen molar-refractivity contribution in [2.45, 2.75) is 38.6 Å². The van der Waals surface area contributed by atoms with Crippen LogP contribution in [0.25, 0.3) is 0 Å². The number of rotatable bonds is 6. The molecule has 1 N–H and O–H groups in total. The van der Waals surface area contributed by atoms with Crippen LogP contribution in [0.3, 0.4) is 0 Å². The van der Waals surface area contributed by atoms with E-state index in [0.29, 0.717) is 26.1 Å². The second-order valence-corrected chi connectivity index (χ2v) is 6.30. The number of ether oxygens (including phenoxy) is 2. The molecule has 1 aliphatic rings. The molecule has 0 aromatic heterocycles. The molecule has 2 atom stereocenters. The molecule has 22 heavy (non-hydrogen) atoms. The van der Waals surface area contributed by atoms with Crippen molar-refractivity contribution >= 4 is 40.2 Å². The van der Waals surface area contributed by atoms with Gasteiger partial charge in [-0.05, 0) is 60.6 Å². The summed E-state index contributed by atoms with van der Waals surface area (Å²) in [4.78, 5) is 23.8. The Hall–Kier alpha value is -1.31. The Bertz CT molecular complexity index is 561. The van der Waals surface area contributed by atoms with Gasteiger partial charge in [-0.3, -0.25) is 4.79 Å². The molecule has 0 fully saturated rings. The van der Waals surface area contributed by atoms with Crippen molar-refractivity contribution in [2.75, 3.05) is 18.5 Å². The molecule has 0 aliphatic carbocycles. The molecule has 0 amide bonds. The summed E-state index contributed by atoms with van der Waals surface area (Å²) < 4.78 is 11.2. The van der Waals surface area contributed by atoms with Crippen LogP contribution in [-0.4, -0.2) is 31.2 Å². The number of carbonyl (C=O) groups excluding carboxylic acids is 2. The number of carbonyl (C=O) groups is 2. The summed E-state index contributed by atoms with van der Waals surface area (Å²) in [5.74, 6) is -0.581. The first-order valence-corrected chi connectivity index (χ1v) is 8.52. The molecule has 5 nitrogen and oxygen atoms in total. The Kier molecular flexibility index (Phi) is 6.05. The summed E-state index contributed by atoms with van der Waals surface area (Å²) >= 11 is 2.23.